The van der Waals surface area contributed by atoms with Crippen molar-refractivity contribution >= 4 is 0 Å². The molecule has 18 heavy (non-hydrogen) atoms. The maximum atomic E-state index is 5.17. The van der Waals surface area contributed by atoms with E-state index in [2.05, 4.69) is 36.2 Å². The van der Waals surface area contributed by atoms with Gasteiger partial charge in [-0.2, -0.15) is 0 Å². The highest BCUT2D eigenvalue weighted by Gasteiger charge is 2.24. The first-order chi connectivity index (χ1) is 8.59. The van der Waals surface area contributed by atoms with Gasteiger partial charge in [0.25, 0.3) is 0 Å². The van der Waals surface area contributed by atoms with E-state index in [-0.39, 0.29) is 5.54 Å². The first-order valence-corrected chi connectivity index (χ1v) is 6.69. The Balaban J connectivity index is 1.83. The van der Waals surface area contributed by atoms with Crippen molar-refractivity contribution in [2.24, 2.45) is 0 Å². The zero-order chi connectivity index (χ0) is 13.0. The Morgan fingerprint density at radius 2 is 2.00 bits per heavy atom. The number of ether oxygens (including phenoxy) is 1. The number of rotatable bonds is 4. The lowest BCUT2D eigenvalue weighted by Crippen LogP contribution is -2.57. The third kappa shape index (κ3) is 3.72. The van der Waals surface area contributed by atoms with Crippen LogP contribution in [0.2, 0.25) is 0 Å². The summed E-state index contributed by atoms with van der Waals surface area (Å²) in [6.07, 6.45) is 1.11. The van der Waals surface area contributed by atoms with Crippen LogP contribution in [0.5, 0.6) is 5.75 Å². The lowest BCUT2D eigenvalue weighted by molar-refractivity contribution is 0.156. The standard InChI is InChI=1S/C15H24N2O/c1-15(2)12-17(11-9-16-15)10-8-13-4-6-14(18-3)7-5-13/h4-7,16H,8-12H2,1-3H3. The fourth-order valence-corrected chi connectivity index (χ4v) is 2.52. The molecule has 1 aliphatic heterocycles. The first kappa shape index (κ1) is 13.4. The number of hydrogen-bond donors (Lipinski definition) is 1. The summed E-state index contributed by atoms with van der Waals surface area (Å²) in [5.74, 6) is 0.932. The van der Waals surface area contributed by atoms with Crippen LogP contribution in [0, 0.1) is 0 Å². The maximum Gasteiger partial charge on any atom is 0.118 e. The summed E-state index contributed by atoms with van der Waals surface area (Å²) in [5, 5.41) is 3.54. The predicted molar refractivity (Wildman–Crippen MR) is 75.2 cm³/mol. The van der Waals surface area contributed by atoms with E-state index in [0.29, 0.717) is 0 Å². The summed E-state index contributed by atoms with van der Waals surface area (Å²) < 4.78 is 5.17. The molecule has 0 spiro atoms. The van der Waals surface area contributed by atoms with E-state index < -0.39 is 0 Å². The van der Waals surface area contributed by atoms with Crippen molar-refractivity contribution < 1.29 is 4.74 Å². The van der Waals surface area contributed by atoms with Gasteiger partial charge in [0.15, 0.2) is 0 Å². The van der Waals surface area contributed by atoms with E-state index in [9.17, 15) is 0 Å². The molecule has 0 unspecified atom stereocenters. The van der Waals surface area contributed by atoms with Gasteiger partial charge in [-0.25, -0.2) is 0 Å². The highest BCUT2D eigenvalue weighted by atomic mass is 16.5. The van der Waals surface area contributed by atoms with E-state index in [0.717, 1.165) is 38.3 Å². The van der Waals surface area contributed by atoms with Gasteiger partial charge < -0.3 is 10.1 Å². The fourth-order valence-electron chi connectivity index (χ4n) is 2.52. The Kier molecular flexibility index (Phi) is 4.25. The average molecular weight is 248 g/mol. The molecule has 2 rings (SSSR count). The SMILES string of the molecule is COc1ccc(CCN2CCNC(C)(C)C2)cc1. The molecule has 0 amide bonds. The third-order valence-electron chi connectivity index (χ3n) is 3.53. The minimum atomic E-state index is 0.248. The molecule has 1 saturated heterocycles. The number of nitrogens with zero attached hydrogens (tertiary/aromatic N) is 1. The van der Waals surface area contributed by atoms with Gasteiger partial charge in [0.2, 0.25) is 0 Å². The monoisotopic (exact) mass is 248 g/mol. The first-order valence-electron chi connectivity index (χ1n) is 6.69. The van der Waals surface area contributed by atoms with Gasteiger partial charge in [0.05, 0.1) is 7.11 Å². The molecule has 0 bridgehead atoms. The second kappa shape index (κ2) is 5.72. The van der Waals surface area contributed by atoms with Crippen molar-refractivity contribution in [1.29, 1.82) is 0 Å². The minimum absolute atomic E-state index is 0.248. The molecule has 3 heteroatoms. The van der Waals surface area contributed by atoms with Gasteiger partial charge >= 0.3 is 0 Å². The highest BCUT2D eigenvalue weighted by molar-refractivity contribution is 5.27. The normalized spacial score (nSPS) is 19.7. The molecule has 0 aromatic heterocycles. The van der Waals surface area contributed by atoms with Crippen LogP contribution in [-0.2, 0) is 6.42 Å². The highest BCUT2D eigenvalue weighted by Crippen LogP contribution is 2.14. The maximum absolute atomic E-state index is 5.17. The van der Waals surface area contributed by atoms with Gasteiger partial charge in [-0.3, -0.25) is 4.90 Å². The molecule has 0 saturated carbocycles. The number of hydrogen-bond acceptors (Lipinski definition) is 3. The lowest BCUT2D eigenvalue weighted by Gasteiger charge is -2.39. The van der Waals surface area contributed by atoms with E-state index >= 15 is 0 Å². The molecule has 1 N–H and O–H groups in total. The zero-order valence-electron chi connectivity index (χ0n) is 11.7. The van der Waals surface area contributed by atoms with Crippen LogP contribution >= 0.6 is 0 Å². The molecule has 1 aromatic rings. The van der Waals surface area contributed by atoms with Crippen LogP contribution < -0.4 is 10.1 Å². The second-order valence-electron chi connectivity index (χ2n) is 5.68. The topological polar surface area (TPSA) is 24.5 Å². The summed E-state index contributed by atoms with van der Waals surface area (Å²) >= 11 is 0. The third-order valence-corrected chi connectivity index (χ3v) is 3.53. The van der Waals surface area contributed by atoms with E-state index in [1.54, 1.807) is 7.11 Å². The Hall–Kier alpha value is -1.06. The van der Waals surface area contributed by atoms with E-state index in [1.807, 2.05) is 12.1 Å². The zero-order valence-corrected chi connectivity index (χ0v) is 11.7. The molecule has 1 aromatic carbocycles. The smallest absolute Gasteiger partial charge is 0.118 e. The van der Waals surface area contributed by atoms with Crippen LogP contribution in [0.3, 0.4) is 0 Å². The van der Waals surface area contributed by atoms with Crippen molar-refractivity contribution in [3.63, 3.8) is 0 Å². The summed E-state index contributed by atoms with van der Waals surface area (Å²) in [5.41, 5.74) is 1.63. The molecule has 3 nitrogen and oxygen atoms in total. The fraction of sp³-hybridized carbons (Fsp3) is 0.600. The molecule has 1 aliphatic rings. The van der Waals surface area contributed by atoms with Crippen molar-refractivity contribution in [2.75, 3.05) is 33.3 Å². The quantitative estimate of drug-likeness (QED) is 0.881. The Labute approximate surface area is 110 Å². The summed E-state index contributed by atoms with van der Waals surface area (Å²) in [6.45, 7) is 9.05. The van der Waals surface area contributed by atoms with Crippen molar-refractivity contribution in [1.82, 2.24) is 10.2 Å². The number of methoxy groups -OCH3 is 1. The van der Waals surface area contributed by atoms with Crippen molar-refractivity contribution in [3.05, 3.63) is 29.8 Å². The van der Waals surface area contributed by atoms with Gasteiger partial charge in [0, 0.05) is 31.7 Å². The molecule has 100 valence electrons. The number of benzene rings is 1. The molecular formula is C15H24N2O. The van der Waals surface area contributed by atoms with Gasteiger partial charge in [-0.1, -0.05) is 12.1 Å². The van der Waals surface area contributed by atoms with Crippen LogP contribution in [0.1, 0.15) is 19.4 Å². The van der Waals surface area contributed by atoms with E-state index in [1.165, 1.54) is 5.56 Å². The Morgan fingerprint density at radius 1 is 1.28 bits per heavy atom. The van der Waals surface area contributed by atoms with Crippen LogP contribution in [0.4, 0.5) is 0 Å². The van der Waals surface area contributed by atoms with Gasteiger partial charge in [-0.05, 0) is 38.0 Å². The number of piperazine rings is 1. The van der Waals surface area contributed by atoms with Crippen LogP contribution in [-0.4, -0.2) is 43.7 Å². The molecule has 0 atom stereocenters. The summed E-state index contributed by atoms with van der Waals surface area (Å²) in [7, 11) is 1.71. The largest absolute Gasteiger partial charge is 0.497 e. The van der Waals surface area contributed by atoms with Crippen LogP contribution in [0.25, 0.3) is 0 Å². The summed E-state index contributed by atoms with van der Waals surface area (Å²) in [4.78, 5) is 2.54. The Bertz CT molecular complexity index is 373. The lowest BCUT2D eigenvalue weighted by atomic mass is 10.0. The molecule has 1 fully saturated rings. The van der Waals surface area contributed by atoms with Gasteiger partial charge in [0.1, 0.15) is 5.75 Å². The predicted octanol–water partition coefficient (Wildman–Crippen LogP) is 1.92. The second-order valence-corrected chi connectivity index (χ2v) is 5.68. The van der Waals surface area contributed by atoms with Crippen LogP contribution in [0.15, 0.2) is 24.3 Å². The minimum Gasteiger partial charge on any atom is -0.497 e. The molecular weight excluding hydrogens is 224 g/mol. The van der Waals surface area contributed by atoms with Gasteiger partial charge in [-0.15, -0.1) is 0 Å². The average Bonchev–Trinajstić information content (AvgIpc) is 2.36. The number of nitrogens with one attached hydrogen (secondary N) is 1. The van der Waals surface area contributed by atoms with Crippen molar-refractivity contribution in [3.8, 4) is 5.75 Å². The van der Waals surface area contributed by atoms with E-state index in [4.69, 9.17) is 4.74 Å². The molecule has 0 radical (unpaired) electrons. The molecule has 1 heterocycles. The Morgan fingerprint density at radius 3 is 2.61 bits per heavy atom. The van der Waals surface area contributed by atoms with Crippen molar-refractivity contribution in [2.45, 2.75) is 25.8 Å². The molecule has 0 aliphatic carbocycles. The summed E-state index contributed by atoms with van der Waals surface area (Å²) in [6, 6.07) is 8.40.